The Morgan fingerprint density at radius 2 is 1.90 bits per heavy atom. The van der Waals surface area contributed by atoms with Gasteiger partial charge in [-0.05, 0) is 32.3 Å². The van der Waals surface area contributed by atoms with E-state index in [9.17, 15) is 9.59 Å². The Labute approximate surface area is 134 Å². The molecule has 0 aliphatic heterocycles. The second kappa shape index (κ2) is 8.79. The summed E-state index contributed by atoms with van der Waals surface area (Å²) in [5.41, 5.74) is 0.604. The normalized spacial score (nSPS) is 10.5. The Hall–Kier alpha value is -1.40. The van der Waals surface area contributed by atoms with E-state index in [1.54, 1.807) is 24.0 Å². The second-order valence-corrected chi connectivity index (χ2v) is 5.99. The molecule has 0 fully saturated rings. The number of halogens is 1. The first-order valence-corrected chi connectivity index (χ1v) is 7.63. The highest BCUT2D eigenvalue weighted by molar-refractivity contribution is 9.10. The summed E-state index contributed by atoms with van der Waals surface area (Å²) in [6.45, 7) is 3.97. The maximum Gasteiger partial charge on any atom is 0.251 e. The van der Waals surface area contributed by atoms with Crippen molar-refractivity contribution < 1.29 is 9.59 Å². The van der Waals surface area contributed by atoms with Gasteiger partial charge < -0.3 is 15.1 Å². The largest absolute Gasteiger partial charge is 0.350 e. The van der Waals surface area contributed by atoms with Crippen LogP contribution in [-0.2, 0) is 4.79 Å². The molecule has 0 aliphatic rings. The van der Waals surface area contributed by atoms with E-state index in [1.807, 2.05) is 31.1 Å². The number of nitrogens with one attached hydrogen (secondary N) is 1. The molecule has 0 saturated heterocycles. The maximum atomic E-state index is 12.0. The van der Waals surface area contributed by atoms with Crippen molar-refractivity contribution in [3.8, 4) is 0 Å². The molecule has 0 atom stereocenters. The zero-order valence-electron chi connectivity index (χ0n) is 12.7. The molecule has 0 unspecified atom stereocenters. The number of carbonyl (C=O) groups excluding carboxylic acids is 2. The molecule has 0 spiro atoms. The molecule has 0 aromatic heterocycles. The van der Waals surface area contributed by atoms with Crippen molar-refractivity contribution in [2.24, 2.45) is 0 Å². The zero-order valence-corrected chi connectivity index (χ0v) is 14.3. The monoisotopic (exact) mass is 355 g/mol. The van der Waals surface area contributed by atoms with Gasteiger partial charge in [0, 0.05) is 43.1 Å². The molecule has 1 aromatic rings. The Morgan fingerprint density at radius 3 is 2.48 bits per heavy atom. The summed E-state index contributed by atoms with van der Waals surface area (Å²) in [5, 5.41) is 2.83. The molecule has 5 nitrogen and oxygen atoms in total. The van der Waals surface area contributed by atoms with E-state index in [0.29, 0.717) is 25.2 Å². The van der Waals surface area contributed by atoms with Crippen molar-refractivity contribution in [3.05, 3.63) is 34.3 Å². The number of benzene rings is 1. The summed E-state index contributed by atoms with van der Waals surface area (Å²) in [6.07, 6.45) is 0. The van der Waals surface area contributed by atoms with Crippen LogP contribution in [0.25, 0.3) is 0 Å². The fourth-order valence-electron chi connectivity index (χ4n) is 1.78. The summed E-state index contributed by atoms with van der Waals surface area (Å²) in [7, 11) is 3.93. The van der Waals surface area contributed by atoms with Crippen LogP contribution in [0.5, 0.6) is 0 Å². The second-order valence-electron chi connectivity index (χ2n) is 5.08. The van der Waals surface area contributed by atoms with Gasteiger partial charge in [0.05, 0.1) is 0 Å². The SMILES string of the molecule is CC(=O)N(CCNC(=O)c1cccc(Br)c1)CCN(C)C. The van der Waals surface area contributed by atoms with Crippen LogP contribution in [0.4, 0.5) is 0 Å². The summed E-state index contributed by atoms with van der Waals surface area (Å²) < 4.78 is 0.867. The molecule has 2 amide bonds. The Bertz CT molecular complexity index is 492. The van der Waals surface area contributed by atoms with Crippen molar-refractivity contribution in [2.45, 2.75) is 6.92 Å². The predicted octanol–water partition coefficient (Wildman–Crippen LogP) is 1.59. The molecule has 116 valence electrons. The predicted molar refractivity (Wildman–Crippen MR) is 87.3 cm³/mol. The average molecular weight is 356 g/mol. The number of hydrogen-bond donors (Lipinski definition) is 1. The number of amides is 2. The van der Waals surface area contributed by atoms with E-state index in [-0.39, 0.29) is 11.8 Å². The fourth-order valence-corrected chi connectivity index (χ4v) is 2.18. The van der Waals surface area contributed by atoms with Crippen LogP contribution in [0.15, 0.2) is 28.7 Å². The smallest absolute Gasteiger partial charge is 0.251 e. The molecular weight excluding hydrogens is 334 g/mol. The molecule has 0 heterocycles. The van der Waals surface area contributed by atoms with Crippen LogP contribution in [0, 0.1) is 0 Å². The topological polar surface area (TPSA) is 52.7 Å². The first kappa shape index (κ1) is 17.7. The van der Waals surface area contributed by atoms with Crippen LogP contribution in [0.1, 0.15) is 17.3 Å². The minimum Gasteiger partial charge on any atom is -0.350 e. The molecule has 0 saturated carbocycles. The standard InChI is InChI=1S/C15H22BrN3O2/c1-12(20)19(10-9-18(2)3)8-7-17-15(21)13-5-4-6-14(16)11-13/h4-6,11H,7-10H2,1-3H3,(H,17,21). The van der Waals surface area contributed by atoms with Gasteiger partial charge in [0.2, 0.25) is 5.91 Å². The van der Waals surface area contributed by atoms with Crippen LogP contribution in [0.2, 0.25) is 0 Å². The van der Waals surface area contributed by atoms with Gasteiger partial charge in [0.25, 0.3) is 5.91 Å². The Balaban J connectivity index is 2.43. The van der Waals surface area contributed by atoms with E-state index in [4.69, 9.17) is 0 Å². The lowest BCUT2D eigenvalue weighted by atomic mass is 10.2. The molecule has 0 radical (unpaired) electrons. The van der Waals surface area contributed by atoms with Crippen LogP contribution >= 0.6 is 15.9 Å². The van der Waals surface area contributed by atoms with Gasteiger partial charge in [-0.2, -0.15) is 0 Å². The number of rotatable bonds is 7. The minimum absolute atomic E-state index is 0.0218. The molecule has 21 heavy (non-hydrogen) atoms. The van der Waals surface area contributed by atoms with Crippen molar-refractivity contribution in [2.75, 3.05) is 40.3 Å². The van der Waals surface area contributed by atoms with E-state index >= 15 is 0 Å². The van der Waals surface area contributed by atoms with Crippen molar-refractivity contribution >= 4 is 27.7 Å². The lowest BCUT2D eigenvalue weighted by molar-refractivity contribution is -0.128. The molecule has 0 aliphatic carbocycles. The third-order valence-electron chi connectivity index (χ3n) is 3.02. The van der Waals surface area contributed by atoms with Gasteiger partial charge in [-0.3, -0.25) is 9.59 Å². The summed E-state index contributed by atoms with van der Waals surface area (Å²) in [5.74, 6) is -0.110. The summed E-state index contributed by atoms with van der Waals surface area (Å²) in [6, 6.07) is 7.21. The van der Waals surface area contributed by atoms with E-state index in [0.717, 1.165) is 11.0 Å². The molecular formula is C15H22BrN3O2. The van der Waals surface area contributed by atoms with Gasteiger partial charge in [0.15, 0.2) is 0 Å². The summed E-state index contributed by atoms with van der Waals surface area (Å²) in [4.78, 5) is 27.3. The molecule has 6 heteroatoms. The lowest BCUT2D eigenvalue weighted by Gasteiger charge is -2.23. The van der Waals surface area contributed by atoms with Gasteiger partial charge in [-0.1, -0.05) is 22.0 Å². The first-order chi connectivity index (χ1) is 9.90. The highest BCUT2D eigenvalue weighted by Crippen LogP contribution is 2.11. The Morgan fingerprint density at radius 1 is 1.19 bits per heavy atom. The van der Waals surface area contributed by atoms with Crippen LogP contribution < -0.4 is 5.32 Å². The van der Waals surface area contributed by atoms with E-state index in [2.05, 4.69) is 21.2 Å². The first-order valence-electron chi connectivity index (χ1n) is 6.84. The number of likely N-dealkylation sites (N-methyl/N-ethyl adjacent to an activating group) is 1. The van der Waals surface area contributed by atoms with Crippen molar-refractivity contribution in [1.82, 2.24) is 15.1 Å². The van der Waals surface area contributed by atoms with E-state index in [1.165, 1.54) is 0 Å². The van der Waals surface area contributed by atoms with E-state index < -0.39 is 0 Å². The van der Waals surface area contributed by atoms with Gasteiger partial charge in [-0.15, -0.1) is 0 Å². The van der Waals surface area contributed by atoms with Gasteiger partial charge in [0.1, 0.15) is 0 Å². The highest BCUT2D eigenvalue weighted by atomic mass is 79.9. The average Bonchev–Trinajstić information content (AvgIpc) is 2.41. The number of nitrogens with zero attached hydrogens (tertiary/aromatic N) is 2. The number of hydrogen-bond acceptors (Lipinski definition) is 3. The lowest BCUT2D eigenvalue weighted by Crippen LogP contribution is -2.40. The maximum absolute atomic E-state index is 12.0. The molecule has 1 N–H and O–H groups in total. The zero-order chi connectivity index (χ0) is 15.8. The molecule has 1 rings (SSSR count). The highest BCUT2D eigenvalue weighted by Gasteiger charge is 2.10. The Kier molecular flexibility index (Phi) is 7.39. The van der Waals surface area contributed by atoms with Gasteiger partial charge >= 0.3 is 0 Å². The van der Waals surface area contributed by atoms with Crippen molar-refractivity contribution in [3.63, 3.8) is 0 Å². The third-order valence-corrected chi connectivity index (χ3v) is 3.51. The minimum atomic E-state index is -0.132. The van der Waals surface area contributed by atoms with Crippen LogP contribution in [-0.4, -0.2) is 61.9 Å². The quantitative estimate of drug-likeness (QED) is 0.807. The van der Waals surface area contributed by atoms with Gasteiger partial charge in [-0.25, -0.2) is 0 Å². The fraction of sp³-hybridized carbons (Fsp3) is 0.467. The third kappa shape index (κ3) is 6.73. The van der Waals surface area contributed by atoms with Crippen molar-refractivity contribution in [1.29, 1.82) is 0 Å². The molecule has 1 aromatic carbocycles. The number of carbonyl (C=O) groups is 2. The molecule has 0 bridgehead atoms. The summed E-state index contributed by atoms with van der Waals surface area (Å²) >= 11 is 3.34. The van der Waals surface area contributed by atoms with Crippen LogP contribution in [0.3, 0.4) is 0 Å².